The molecule has 0 heterocycles. The fraction of sp³-hybridized carbons (Fsp3) is 0.923. The molecule has 0 spiro atoms. The molecule has 0 aromatic rings. The number of halogens is 1. The second-order valence-electron chi connectivity index (χ2n) is 5.18. The molecule has 1 atom stereocenters. The zero-order valence-electron chi connectivity index (χ0n) is 10.5. The van der Waals surface area contributed by atoms with E-state index in [1.54, 1.807) is 0 Å². The molecule has 1 aliphatic rings. The van der Waals surface area contributed by atoms with Crippen molar-refractivity contribution in [1.82, 2.24) is 5.32 Å². The first-order valence-electron chi connectivity index (χ1n) is 6.49. The van der Waals surface area contributed by atoms with Crippen LogP contribution in [0.5, 0.6) is 0 Å². The molecule has 1 rings (SSSR count). The number of rotatable bonds is 5. The molecule has 0 bridgehead atoms. The van der Waals surface area contributed by atoms with E-state index in [1.807, 2.05) is 0 Å². The highest BCUT2D eigenvalue weighted by atomic mass is 35.5. The van der Waals surface area contributed by atoms with Gasteiger partial charge in [0, 0.05) is 17.3 Å². The van der Waals surface area contributed by atoms with Gasteiger partial charge in [0.1, 0.15) is 0 Å². The minimum absolute atomic E-state index is 0.115. The number of hydrogen-bond donors (Lipinski definition) is 1. The Labute approximate surface area is 104 Å². The zero-order chi connectivity index (χ0) is 12.0. The standard InChI is InChI=1S/C13H24ClNO/c1-3-13(2,9-10-14)15-12(16)11-7-5-4-6-8-11/h11H,3-10H2,1-2H3,(H,15,16). The Morgan fingerprint density at radius 2 is 2.00 bits per heavy atom. The second-order valence-corrected chi connectivity index (χ2v) is 5.56. The summed E-state index contributed by atoms with van der Waals surface area (Å²) in [7, 11) is 0. The second kappa shape index (κ2) is 6.48. The molecule has 2 nitrogen and oxygen atoms in total. The van der Waals surface area contributed by atoms with E-state index < -0.39 is 0 Å². The fourth-order valence-corrected chi connectivity index (χ4v) is 2.72. The maximum atomic E-state index is 12.1. The lowest BCUT2D eigenvalue weighted by molar-refractivity contribution is -0.127. The third-order valence-corrected chi connectivity index (χ3v) is 4.02. The number of hydrogen-bond acceptors (Lipinski definition) is 1. The van der Waals surface area contributed by atoms with Crippen molar-refractivity contribution >= 4 is 17.5 Å². The number of alkyl halides is 1. The summed E-state index contributed by atoms with van der Waals surface area (Å²) in [5.74, 6) is 1.10. The molecule has 0 aliphatic heterocycles. The van der Waals surface area contributed by atoms with Crippen LogP contribution in [0.2, 0.25) is 0 Å². The van der Waals surface area contributed by atoms with E-state index in [0.29, 0.717) is 5.88 Å². The van der Waals surface area contributed by atoms with E-state index in [2.05, 4.69) is 19.2 Å². The van der Waals surface area contributed by atoms with E-state index >= 15 is 0 Å². The molecule has 1 N–H and O–H groups in total. The van der Waals surface area contributed by atoms with Crippen molar-refractivity contribution in [2.45, 2.75) is 64.3 Å². The molecule has 94 valence electrons. The predicted molar refractivity (Wildman–Crippen MR) is 68.8 cm³/mol. The van der Waals surface area contributed by atoms with Crippen molar-refractivity contribution in [2.24, 2.45) is 5.92 Å². The summed E-state index contributed by atoms with van der Waals surface area (Å²) >= 11 is 5.78. The maximum Gasteiger partial charge on any atom is 0.223 e. The van der Waals surface area contributed by atoms with Gasteiger partial charge in [0.15, 0.2) is 0 Å². The van der Waals surface area contributed by atoms with Crippen molar-refractivity contribution in [1.29, 1.82) is 0 Å². The van der Waals surface area contributed by atoms with Crippen molar-refractivity contribution < 1.29 is 4.79 Å². The lowest BCUT2D eigenvalue weighted by Gasteiger charge is -2.32. The van der Waals surface area contributed by atoms with Crippen LogP contribution in [0.4, 0.5) is 0 Å². The van der Waals surface area contributed by atoms with E-state index in [-0.39, 0.29) is 17.4 Å². The highest BCUT2D eigenvalue weighted by Gasteiger charge is 2.28. The van der Waals surface area contributed by atoms with E-state index in [1.165, 1.54) is 19.3 Å². The van der Waals surface area contributed by atoms with Gasteiger partial charge in [-0.3, -0.25) is 4.79 Å². The van der Waals surface area contributed by atoms with Crippen molar-refractivity contribution in [3.8, 4) is 0 Å². The Bertz CT molecular complexity index is 226. The van der Waals surface area contributed by atoms with E-state index in [0.717, 1.165) is 25.7 Å². The Hall–Kier alpha value is -0.240. The summed E-state index contributed by atoms with van der Waals surface area (Å²) in [4.78, 5) is 12.1. The van der Waals surface area contributed by atoms with Gasteiger partial charge in [-0.15, -0.1) is 11.6 Å². The molecule has 3 heteroatoms. The molecule has 1 aliphatic carbocycles. The molecule has 1 saturated carbocycles. The summed E-state index contributed by atoms with van der Waals surface area (Å²) in [6, 6.07) is 0. The average Bonchev–Trinajstić information content (AvgIpc) is 2.30. The lowest BCUT2D eigenvalue weighted by Crippen LogP contribution is -2.48. The third kappa shape index (κ3) is 3.97. The number of amides is 1. The van der Waals surface area contributed by atoms with Crippen LogP contribution in [0.1, 0.15) is 58.8 Å². The van der Waals surface area contributed by atoms with Crippen molar-refractivity contribution in [3.63, 3.8) is 0 Å². The molecule has 0 radical (unpaired) electrons. The van der Waals surface area contributed by atoms with Crippen LogP contribution in [0.25, 0.3) is 0 Å². The molecule has 1 amide bonds. The van der Waals surface area contributed by atoms with E-state index in [9.17, 15) is 4.79 Å². The van der Waals surface area contributed by atoms with Gasteiger partial charge in [-0.2, -0.15) is 0 Å². The van der Waals surface area contributed by atoms with Crippen LogP contribution in [-0.4, -0.2) is 17.3 Å². The molecule has 0 saturated heterocycles. The molecule has 16 heavy (non-hydrogen) atoms. The van der Waals surface area contributed by atoms with E-state index in [4.69, 9.17) is 11.6 Å². The minimum atomic E-state index is -0.115. The highest BCUT2D eigenvalue weighted by molar-refractivity contribution is 6.17. The fourth-order valence-electron chi connectivity index (χ4n) is 2.30. The van der Waals surface area contributed by atoms with Crippen LogP contribution < -0.4 is 5.32 Å². The summed E-state index contributed by atoms with van der Waals surface area (Å²) in [5.41, 5.74) is -0.115. The number of carbonyl (C=O) groups is 1. The summed E-state index contributed by atoms with van der Waals surface area (Å²) in [5, 5.41) is 3.19. The third-order valence-electron chi connectivity index (χ3n) is 3.83. The van der Waals surface area contributed by atoms with Crippen LogP contribution in [0.15, 0.2) is 0 Å². The molecule has 0 aromatic carbocycles. The zero-order valence-corrected chi connectivity index (χ0v) is 11.3. The van der Waals surface area contributed by atoms with Crippen molar-refractivity contribution in [2.75, 3.05) is 5.88 Å². The molecule has 0 aromatic heterocycles. The van der Waals surface area contributed by atoms with Gasteiger partial charge in [0.25, 0.3) is 0 Å². The molecule has 1 unspecified atom stereocenters. The SMILES string of the molecule is CCC(C)(CCCl)NC(=O)C1CCCCC1. The normalized spacial score (nSPS) is 21.4. The predicted octanol–water partition coefficient (Wildman–Crippen LogP) is 3.48. The van der Waals surface area contributed by atoms with Gasteiger partial charge in [0.05, 0.1) is 0 Å². The number of nitrogens with one attached hydrogen (secondary N) is 1. The Balaban J connectivity index is 2.47. The Morgan fingerprint density at radius 1 is 1.38 bits per heavy atom. The lowest BCUT2D eigenvalue weighted by atomic mass is 9.87. The minimum Gasteiger partial charge on any atom is -0.351 e. The largest absolute Gasteiger partial charge is 0.351 e. The first-order valence-corrected chi connectivity index (χ1v) is 7.03. The van der Waals surface area contributed by atoms with Gasteiger partial charge in [-0.05, 0) is 32.6 Å². The average molecular weight is 246 g/mol. The first-order chi connectivity index (χ1) is 7.61. The summed E-state index contributed by atoms with van der Waals surface area (Å²) in [6.45, 7) is 4.20. The van der Waals surface area contributed by atoms with Crippen LogP contribution in [0, 0.1) is 5.92 Å². The quantitative estimate of drug-likeness (QED) is 0.739. The Kier molecular flexibility index (Phi) is 5.60. The monoisotopic (exact) mass is 245 g/mol. The Morgan fingerprint density at radius 3 is 2.50 bits per heavy atom. The topological polar surface area (TPSA) is 29.1 Å². The molecular weight excluding hydrogens is 222 g/mol. The molecule has 1 fully saturated rings. The highest BCUT2D eigenvalue weighted by Crippen LogP contribution is 2.25. The van der Waals surface area contributed by atoms with Crippen LogP contribution in [0.3, 0.4) is 0 Å². The van der Waals surface area contributed by atoms with Gasteiger partial charge in [-0.25, -0.2) is 0 Å². The summed E-state index contributed by atoms with van der Waals surface area (Å²) < 4.78 is 0. The van der Waals surface area contributed by atoms with Gasteiger partial charge >= 0.3 is 0 Å². The summed E-state index contributed by atoms with van der Waals surface area (Å²) in [6.07, 6.45) is 7.62. The smallest absolute Gasteiger partial charge is 0.223 e. The van der Waals surface area contributed by atoms with Crippen LogP contribution in [-0.2, 0) is 4.79 Å². The molecular formula is C13H24ClNO. The van der Waals surface area contributed by atoms with Gasteiger partial charge in [0.2, 0.25) is 5.91 Å². The van der Waals surface area contributed by atoms with Crippen LogP contribution >= 0.6 is 11.6 Å². The first kappa shape index (κ1) is 13.8. The maximum absolute atomic E-state index is 12.1. The van der Waals surface area contributed by atoms with Crippen molar-refractivity contribution in [3.05, 3.63) is 0 Å². The van der Waals surface area contributed by atoms with Gasteiger partial charge in [-0.1, -0.05) is 26.2 Å². The van der Waals surface area contributed by atoms with Gasteiger partial charge < -0.3 is 5.32 Å². The number of carbonyl (C=O) groups excluding carboxylic acids is 1.